The number of hydrogen-bond acceptors (Lipinski definition) is 4. The molecule has 3 N–H and O–H groups in total. The quantitative estimate of drug-likeness (QED) is 0.732. The fraction of sp³-hybridized carbons (Fsp3) is 0.417. The van der Waals surface area contributed by atoms with Crippen molar-refractivity contribution < 1.29 is 14.3 Å². The van der Waals surface area contributed by atoms with E-state index in [0.29, 0.717) is 13.2 Å². The summed E-state index contributed by atoms with van der Waals surface area (Å²) in [4.78, 5) is 10.6. The SMILES string of the molecule is CNCc1cc(OC)ccc1OCCC(N)=O. The van der Waals surface area contributed by atoms with Gasteiger partial charge in [0.1, 0.15) is 11.5 Å². The van der Waals surface area contributed by atoms with E-state index in [4.69, 9.17) is 15.2 Å². The molecule has 1 amide bonds. The van der Waals surface area contributed by atoms with Crippen LogP contribution in [0.5, 0.6) is 11.5 Å². The molecule has 0 aliphatic rings. The Hall–Kier alpha value is -1.75. The average molecular weight is 238 g/mol. The third-order valence-corrected chi connectivity index (χ3v) is 2.24. The molecule has 0 spiro atoms. The first-order valence-electron chi connectivity index (χ1n) is 5.40. The second-order valence-electron chi connectivity index (χ2n) is 3.57. The molecule has 0 saturated carbocycles. The highest BCUT2D eigenvalue weighted by molar-refractivity contribution is 5.73. The van der Waals surface area contributed by atoms with Crippen molar-refractivity contribution in [1.82, 2.24) is 5.32 Å². The number of hydrogen-bond donors (Lipinski definition) is 2. The van der Waals surface area contributed by atoms with E-state index in [1.165, 1.54) is 0 Å². The van der Waals surface area contributed by atoms with Gasteiger partial charge in [-0.25, -0.2) is 0 Å². The van der Waals surface area contributed by atoms with Gasteiger partial charge in [0.05, 0.1) is 20.1 Å². The van der Waals surface area contributed by atoms with Gasteiger partial charge in [-0.3, -0.25) is 4.79 Å². The van der Waals surface area contributed by atoms with Gasteiger partial charge in [0.25, 0.3) is 0 Å². The molecule has 5 heteroatoms. The van der Waals surface area contributed by atoms with Gasteiger partial charge in [-0.15, -0.1) is 0 Å². The maximum absolute atomic E-state index is 10.6. The zero-order valence-corrected chi connectivity index (χ0v) is 10.2. The van der Waals surface area contributed by atoms with Gasteiger partial charge >= 0.3 is 0 Å². The van der Waals surface area contributed by atoms with Gasteiger partial charge in [-0.2, -0.15) is 0 Å². The number of carbonyl (C=O) groups excluding carboxylic acids is 1. The molecular weight excluding hydrogens is 220 g/mol. The van der Waals surface area contributed by atoms with Crippen LogP contribution in [0.3, 0.4) is 0 Å². The normalized spacial score (nSPS) is 10.0. The third kappa shape index (κ3) is 4.32. The Balaban J connectivity index is 2.71. The van der Waals surface area contributed by atoms with Gasteiger partial charge in [-0.05, 0) is 25.2 Å². The fourth-order valence-electron chi connectivity index (χ4n) is 1.41. The number of benzene rings is 1. The van der Waals surface area contributed by atoms with E-state index in [1.807, 2.05) is 25.2 Å². The van der Waals surface area contributed by atoms with Crippen molar-refractivity contribution in [2.75, 3.05) is 20.8 Å². The Kier molecular flexibility index (Phi) is 5.29. The predicted molar refractivity (Wildman–Crippen MR) is 65.1 cm³/mol. The minimum Gasteiger partial charge on any atom is -0.497 e. The standard InChI is InChI=1S/C12H18N2O3/c1-14-8-9-7-10(16-2)3-4-11(9)17-6-5-12(13)15/h3-4,7,14H,5-6,8H2,1-2H3,(H2,13,15). The van der Waals surface area contributed by atoms with Gasteiger partial charge < -0.3 is 20.5 Å². The van der Waals surface area contributed by atoms with Crippen LogP contribution in [0.2, 0.25) is 0 Å². The number of methoxy groups -OCH3 is 1. The largest absolute Gasteiger partial charge is 0.497 e. The summed E-state index contributed by atoms with van der Waals surface area (Å²) in [6.07, 6.45) is 0.213. The molecule has 0 unspecified atom stereocenters. The number of nitrogens with two attached hydrogens (primary N) is 1. The zero-order chi connectivity index (χ0) is 12.7. The summed E-state index contributed by atoms with van der Waals surface area (Å²) in [5.41, 5.74) is 6.03. The molecule has 17 heavy (non-hydrogen) atoms. The molecule has 0 heterocycles. The molecule has 1 aromatic carbocycles. The van der Waals surface area contributed by atoms with Gasteiger partial charge in [0.15, 0.2) is 0 Å². The molecule has 0 aliphatic carbocycles. The number of primary amides is 1. The smallest absolute Gasteiger partial charge is 0.220 e. The zero-order valence-electron chi connectivity index (χ0n) is 10.2. The summed E-state index contributed by atoms with van der Waals surface area (Å²) in [6.45, 7) is 0.960. The number of amides is 1. The molecule has 94 valence electrons. The molecule has 1 rings (SSSR count). The molecule has 0 radical (unpaired) electrons. The van der Waals surface area contributed by atoms with Crippen LogP contribution in [-0.4, -0.2) is 26.7 Å². The van der Waals surface area contributed by atoms with Crippen LogP contribution in [0, 0.1) is 0 Å². The van der Waals surface area contributed by atoms with E-state index < -0.39 is 0 Å². The molecule has 0 fully saturated rings. The third-order valence-electron chi connectivity index (χ3n) is 2.24. The first-order valence-corrected chi connectivity index (χ1v) is 5.40. The van der Waals surface area contributed by atoms with E-state index in [1.54, 1.807) is 7.11 Å². The van der Waals surface area contributed by atoms with Crippen molar-refractivity contribution in [3.8, 4) is 11.5 Å². The highest BCUT2D eigenvalue weighted by atomic mass is 16.5. The van der Waals surface area contributed by atoms with Crippen molar-refractivity contribution in [2.45, 2.75) is 13.0 Å². The Morgan fingerprint density at radius 1 is 1.47 bits per heavy atom. The lowest BCUT2D eigenvalue weighted by atomic mass is 10.2. The minimum atomic E-state index is -0.367. The van der Waals surface area contributed by atoms with E-state index in [0.717, 1.165) is 17.1 Å². The lowest BCUT2D eigenvalue weighted by Crippen LogP contribution is -2.15. The number of ether oxygens (including phenoxy) is 2. The lowest BCUT2D eigenvalue weighted by Gasteiger charge is -2.12. The van der Waals surface area contributed by atoms with E-state index >= 15 is 0 Å². The van der Waals surface area contributed by atoms with E-state index in [9.17, 15) is 4.79 Å². The molecule has 0 aliphatic heterocycles. The summed E-state index contributed by atoms with van der Waals surface area (Å²) >= 11 is 0. The van der Waals surface area contributed by atoms with E-state index in [-0.39, 0.29) is 12.3 Å². The number of carbonyl (C=O) groups is 1. The maximum Gasteiger partial charge on any atom is 0.220 e. The van der Waals surface area contributed by atoms with Gasteiger partial charge in [0, 0.05) is 12.1 Å². The van der Waals surface area contributed by atoms with Crippen LogP contribution in [0.15, 0.2) is 18.2 Å². The molecule has 0 atom stereocenters. The minimum absolute atomic E-state index is 0.213. The van der Waals surface area contributed by atoms with E-state index in [2.05, 4.69) is 5.32 Å². The second kappa shape index (κ2) is 6.75. The van der Waals surface area contributed by atoms with Crippen LogP contribution in [0.25, 0.3) is 0 Å². The molecule has 1 aromatic rings. The molecular formula is C12H18N2O3. The first kappa shape index (κ1) is 13.3. The van der Waals surface area contributed by atoms with Crippen molar-refractivity contribution in [2.24, 2.45) is 5.73 Å². The topological polar surface area (TPSA) is 73.6 Å². The summed E-state index contributed by atoms with van der Waals surface area (Å²) in [5.74, 6) is 1.15. The van der Waals surface area contributed by atoms with Crippen LogP contribution in [0.4, 0.5) is 0 Å². The van der Waals surface area contributed by atoms with Gasteiger partial charge in [-0.1, -0.05) is 0 Å². The average Bonchev–Trinajstić information content (AvgIpc) is 2.31. The monoisotopic (exact) mass is 238 g/mol. The fourth-order valence-corrected chi connectivity index (χ4v) is 1.41. The van der Waals surface area contributed by atoms with Crippen LogP contribution >= 0.6 is 0 Å². The van der Waals surface area contributed by atoms with Crippen molar-refractivity contribution >= 4 is 5.91 Å². The van der Waals surface area contributed by atoms with Crippen molar-refractivity contribution in [3.63, 3.8) is 0 Å². The Morgan fingerprint density at radius 3 is 2.82 bits per heavy atom. The van der Waals surface area contributed by atoms with Crippen LogP contribution in [0.1, 0.15) is 12.0 Å². The summed E-state index contributed by atoms with van der Waals surface area (Å²) < 4.78 is 10.6. The summed E-state index contributed by atoms with van der Waals surface area (Å²) in [7, 11) is 3.47. The Labute approximate surface area is 101 Å². The summed E-state index contributed by atoms with van der Waals surface area (Å²) in [5, 5.41) is 3.05. The molecule has 0 saturated heterocycles. The number of rotatable bonds is 7. The number of nitrogens with one attached hydrogen (secondary N) is 1. The van der Waals surface area contributed by atoms with Crippen LogP contribution in [-0.2, 0) is 11.3 Å². The highest BCUT2D eigenvalue weighted by Crippen LogP contribution is 2.24. The van der Waals surface area contributed by atoms with Gasteiger partial charge in [0.2, 0.25) is 5.91 Å². The second-order valence-corrected chi connectivity index (χ2v) is 3.57. The van der Waals surface area contributed by atoms with Crippen molar-refractivity contribution in [3.05, 3.63) is 23.8 Å². The van der Waals surface area contributed by atoms with Crippen molar-refractivity contribution in [1.29, 1.82) is 0 Å². The lowest BCUT2D eigenvalue weighted by molar-refractivity contribution is -0.118. The van der Waals surface area contributed by atoms with Crippen LogP contribution < -0.4 is 20.5 Å². The highest BCUT2D eigenvalue weighted by Gasteiger charge is 2.05. The predicted octanol–water partition coefficient (Wildman–Crippen LogP) is 0.669. The molecule has 5 nitrogen and oxygen atoms in total. The Morgan fingerprint density at radius 2 is 2.24 bits per heavy atom. The first-order chi connectivity index (χ1) is 8.17. The maximum atomic E-state index is 10.6. The summed E-state index contributed by atoms with van der Waals surface area (Å²) in [6, 6.07) is 5.54. The molecule has 0 bridgehead atoms. The Bertz CT molecular complexity index is 380. The molecule has 0 aromatic heterocycles.